The van der Waals surface area contributed by atoms with Gasteiger partial charge in [0.05, 0.1) is 25.5 Å². The second-order valence-electron chi connectivity index (χ2n) is 7.07. The monoisotopic (exact) mass is 385 g/mol. The second kappa shape index (κ2) is 6.76. The Kier molecular flexibility index (Phi) is 4.59. The minimum absolute atomic E-state index is 0.335. The number of aromatic nitrogens is 1. The normalized spacial score (nSPS) is 18.8. The van der Waals surface area contributed by atoms with Gasteiger partial charge in [0, 0.05) is 30.3 Å². The quantitative estimate of drug-likeness (QED) is 0.722. The molecule has 0 saturated heterocycles. The zero-order valence-electron chi connectivity index (χ0n) is 15.1. The van der Waals surface area contributed by atoms with E-state index >= 15 is 0 Å². The number of benzene rings is 2. The molecular weight excluding hydrogens is 362 g/mol. The van der Waals surface area contributed by atoms with E-state index < -0.39 is 9.73 Å². The van der Waals surface area contributed by atoms with Gasteiger partial charge in [-0.15, -0.1) is 11.3 Å². The van der Waals surface area contributed by atoms with E-state index in [9.17, 15) is 4.21 Å². The first-order valence-corrected chi connectivity index (χ1v) is 11.7. The van der Waals surface area contributed by atoms with Gasteiger partial charge < -0.3 is 0 Å². The first-order chi connectivity index (χ1) is 12.4. The molecule has 0 radical (unpaired) electrons. The SMILES string of the molecule is C[C@@H](c1ccc2scnc2c1)N1CCc2ccc([S@](C)(=N)=O)cc2CC1. The summed E-state index contributed by atoms with van der Waals surface area (Å²) in [5.41, 5.74) is 6.85. The summed E-state index contributed by atoms with van der Waals surface area (Å²) in [6.45, 7) is 4.23. The maximum Gasteiger partial charge on any atom is 0.0815 e. The van der Waals surface area contributed by atoms with Crippen molar-refractivity contribution in [3.8, 4) is 0 Å². The second-order valence-corrected chi connectivity index (χ2v) is 10.1. The molecule has 1 aromatic heterocycles. The van der Waals surface area contributed by atoms with Gasteiger partial charge in [0.15, 0.2) is 0 Å². The fourth-order valence-corrected chi connectivity index (χ4v) is 5.05. The van der Waals surface area contributed by atoms with Crippen LogP contribution >= 0.6 is 11.3 Å². The predicted octanol–water partition coefficient (Wildman–Crippen LogP) is 4.49. The first-order valence-electron chi connectivity index (χ1n) is 8.84. The summed E-state index contributed by atoms with van der Waals surface area (Å²) in [5, 5.41) is 0. The Morgan fingerprint density at radius 2 is 1.92 bits per heavy atom. The lowest BCUT2D eigenvalue weighted by Crippen LogP contribution is -2.29. The highest BCUT2D eigenvalue weighted by molar-refractivity contribution is 7.91. The molecule has 4 nitrogen and oxygen atoms in total. The molecule has 136 valence electrons. The number of hydrogen-bond donors (Lipinski definition) is 1. The standard InChI is InChI=1S/C20H23N3OS2/c1-14(16-4-6-20-19(12-16)22-13-25-20)23-9-7-15-3-5-18(26(2,21)24)11-17(15)8-10-23/h3-6,11-14,21H,7-10H2,1-2H3/t14-,26+/m0/s1. The minimum atomic E-state index is -2.66. The topological polar surface area (TPSA) is 57.1 Å². The maximum absolute atomic E-state index is 12.1. The van der Waals surface area contributed by atoms with Crippen molar-refractivity contribution in [3.05, 3.63) is 58.6 Å². The summed E-state index contributed by atoms with van der Waals surface area (Å²) in [6, 6.07) is 12.8. The summed E-state index contributed by atoms with van der Waals surface area (Å²) in [5.74, 6) is 0. The fraction of sp³-hybridized carbons (Fsp3) is 0.350. The molecule has 1 aliphatic heterocycles. The van der Waals surface area contributed by atoms with Gasteiger partial charge >= 0.3 is 0 Å². The summed E-state index contributed by atoms with van der Waals surface area (Å²) in [6.07, 6.45) is 3.41. The Morgan fingerprint density at radius 3 is 2.69 bits per heavy atom. The molecule has 0 aliphatic carbocycles. The van der Waals surface area contributed by atoms with E-state index in [-0.39, 0.29) is 0 Å². The van der Waals surface area contributed by atoms with E-state index in [1.807, 2.05) is 17.6 Å². The largest absolute Gasteiger partial charge is 0.296 e. The van der Waals surface area contributed by atoms with Gasteiger partial charge in [0.1, 0.15) is 0 Å². The maximum atomic E-state index is 12.1. The number of nitrogens with zero attached hydrogens (tertiary/aromatic N) is 2. The van der Waals surface area contributed by atoms with Gasteiger partial charge in [-0.3, -0.25) is 4.90 Å². The van der Waals surface area contributed by atoms with Crippen LogP contribution in [0.1, 0.15) is 29.7 Å². The minimum Gasteiger partial charge on any atom is -0.296 e. The van der Waals surface area contributed by atoms with E-state index in [1.165, 1.54) is 27.6 Å². The van der Waals surface area contributed by atoms with Crippen LogP contribution in [0.5, 0.6) is 0 Å². The van der Waals surface area contributed by atoms with Crippen molar-refractivity contribution in [1.82, 2.24) is 9.88 Å². The van der Waals surface area contributed by atoms with Gasteiger partial charge in [0.25, 0.3) is 0 Å². The van der Waals surface area contributed by atoms with Crippen molar-refractivity contribution >= 4 is 31.3 Å². The van der Waals surface area contributed by atoms with E-state index in [4.69, 9.17) is 4.78 Å². The van der Waals surface area contributed by atoms with Crippen molar-refractivity contribution in [3.63, 3.8) is 0 Å². The third-order valence-corrected chi connectivity index (χ3v) is 7.31. The number of thiazole rings is 1. The average Bonchev–Trinajstić information content (AvgIpc) is 2.98. The lowest BCUT2D eigenvalue weighted by molar-refractivity contribution is 0.221. The highest BCUT2D eigenvalue weighted by atomic mass is 32.2. The molecule has 1 N–H and O–H groups in total. The molecule has 2 heterocycles. The smallest absolute Gasteiger partial charge is 0.0815 e. The molecule has 0 unspecified atom stereocenters. The van der Waals surface area contributed by atoms with Gasteiger partial charge in [-0.2, -0.15) is 0 Å². The molecule has 0 bridgehead atoms. The zero-order valence-corrected chi connectivity index (χ0v) is 16.7. The van der Waals surface area contributed by atoms with Crippen LogP contribution in [-0.4, -0.2) is 33.4 Å². The van der Waals surface area contributed by atoms with Gasteiger partial charge in [-0.25, -0.2) is 14.0 Å². The van der Waals surface area contributed by atoms with E-state index in [0.29, 0.717) is 10.9 Å². The molecule has 4 rings (SSSR count). The fourth-order valence-electron chi connectivity index (χ4n) is 3.69. The zero-order chi connectivity index (χ0) is 18.3. The average molecular weight is 386 g/mol. The summed E-state index contributed by atoms with van der Waals surface area (Å²) < 4.78 is 21.1. The Labute approximate surface area is 158 Å². The van der Waals surface area contributed by atoms with E-state index in [2.05, 4.69) is 41.1 Å². The number of rotatable bonds is 3. The molecule has 0 saturated carbocycles. The van der Waals surface area contributed by atoms with Gasteiger partial charge in [-0.05, 0) is 60.7 Å². The lowest BCUT2D eigenvalue weighted by Gasteiger charge is -2.28. The Hall–Kier alpha value is -1.76. The van der Waals surface area contributed by atoms with E-state index in [0.717, 1.165) is 31.4 Å². The van der Waals surface area contributed by atoms with Crippen LogP contribution in [0.15, 0.2) is 46.8 Å². The third kappa shape index (κ3) is 3.41. The van der Waals surface area contributed by atoms with Crippen molar-refractivity contribution in [2.75, 3.05) is 19.3 Å². The highest BCUT2D eigenvalue weighted by Crippen LogP contribution is 2.28. The molecule has 0 fully saturated rings. The van der Waals surface area contributed by atoms with Crippen LogP contribution in [0.25, 0.3) is 10.2 Å². The molecule has 0 spiro atoms. The predicted molar refractivity (Wildman–Crippen MR) is 109 cm³/mol. The van der Waals surface area contributed by atoms with Crippen LogP contribution in [0.3, 0.4) is 0 Å². The molecule has 6 heteroatoms. The molecule has 3 aromatic rings. The van der Waals surface area contributed by atoms with Gasteiger partial charge in [-0.1, -0.05) is 12.1 Å². The summed E-state index contributed by atoms with van der Waals surface area (Å²) in [4.78, 5) is 7.60. The number of fused-ring (bicyclic) bond motifs is 2. The van der Waals surface area contributed by atoms with Crippen LogP contribution in [-0.2, 0) is 22.6 Å². The Balaban J connectivity index is 1.56. The summed E-state index contributed by atoms with van der Waals surface area (Å²) >= 11 is 1.68. The highest BCUT2D eigenvalue weighted by Gasteiger charge is 2.21. The van der Waals surface area contributed by atoms with Crippen LogP contribution < -0.4 is 0 Å². The van der Waals surface area contributed by atoms with Crippen molar-refractivity contribution < 1.29 is 4.21 Å². The lowest BCUT2D eigenvalue weighted by atomic mass is 10.0. The third-order valence-electron chi connectivity index (χ3n) is 5.35. The van der Waals surface area contributed by atoms with Crippen molar-refractivity contribution in [2.45, 2.75) is 30.7 Å². The Morgan fingerprint density at radius 1 is 1.15 bits per heavy atom. The number of nitrogens with one attached hydrogen (secondary N) is 1. The summed E-state index contributed by atoms with van der Waals surface area (Å²) in [7, 11) is -2.66. The van der Waals surface area contributed by atoms with Crippen LogP contribution in [0, 0.1) is 4.78 Å². The first kappa shape index (κ1) is 17.6. The molecular formula is C20H23N3OS2. The van der Waals surface area contributed by atoms with Crippen LogP contribution in [0.4, 0.5) is 0 Å². The molecule has 0 amide bonds. The molecule has 2 atom stereocenters. The van der Waals surface area contributed by atoms with Crippen molar-refractivity contribution in [2.24, 2.45) is 0 Å². The van der Waals surface area contributed by atoms with E-state index in [1.54, 1.807) is 11.3 Å². The molecule has 2 aromatic carbocycles. The Bertz CT molecular complexity index is 1060. The van der Waals surface area contributed by atoms with Gasteiger partial charge in [0.2, 0.25) is 0 Å². The molecule has 26 heavy (non-hydrogen) atoms. The van der Waals surface area contributed by atoms with Crippen LogP contribution in [0.2, 0.25) is 0 Å². The number of hydrogen-bond acceptors (Lipinski definition) is 5. The van der Waals surface area contributed by atoms with Crippen molar-refractivity contribution in [1.29, 1.82) is 4.78 Å². The molecule has 1 aliphatic rings.